The highest BCUT2D eigenvalue weighted by molar-refractivity contribution is 6.02. The first-order chi connectivity index (χ1) is 9.56. The molecule has 2 aromatic carbocycles. The van der Waals surface area contributed by atoms with E-state index in [-0.39, 0.29) is 22.3 Å². The molecule has 0 atom stereocenters. The Kier molecular flexibility index (Phi) is 3.54. The third-order valence-electron chi connectivity index (χ3n) is 2.87. The molecule has 0 aliphatic rings. The van der Waals surface area contributed by atoms with Gasteiger partial charge in [-0.15, -0.1) is 6.42 Å². The van der Waals surface area contributed by atoms with Gasteiger partial charge in [0, 0.05) is 11.1 Å². The molecule has 0 aliphatic heterocycles. The zero-order valence-electron chi connectivity index (χ0n) is 10.3. The molecule has 0 aliphatic carbocycles. The number of aromatic carboxylic acids is 2. The second-order valence-electron chi connectivity index (χ2n) is 4.03. The fourth-order valence-corrected chi connectivity index (χ4v) is 2.01. The lowest BCUT2D eigenvalue weighted by molar-refractivity contribution is 0.0681. The first kappa shape index (κ1) is 13.4. The largest absolute Gasteiger partial charge is 0.478 e. The van der Waals surface area contributed by atoms with Gasteiger partial charge < -0.3 is 10.2 Å². The fraction of sp³-hybridized carbons (Fsp3) is 0. The Labute approximate surface area is 115 Å². The number of carbonyl (C=O) groups is 2. The summed E-state index contributed by atoms with van der Waals surface area (Å²) in [5.41, 5.74) is 0.788. The Morgan fingerprint density at radius 1 is 0.900 bits per heavy atom. The van der Waals surface area contributed by atoms with Crippen LogP contribution in [-0.2, 0) is 0 Å². The van der Waals surface area contributed by atoms with Gasteiger partial charge >= 0.3 is 11.9 Å². The van der Waals surface area contributed by atoms with Crippen molar-refractivity contribution in [1.82, 2.24) is 0 Å². The Hall–Kier alpha value is -3.06. The number of rotatable bonds is 3. The molecular formula is C16H10O4. The van der Waals surface area contributed by atoms with Crippen molar-refractivity contribution in [2.75, 3.05) is 0 Å². The lowest BCUT2D eigenvalue weighted by Gasteiger charge is -2.11. The predicted molar refractivity (Wildman–Crippen MR) is 73.7 cm³/mol. The topological polar surface area (TPSA) is 74.6 Å². The average molecular weight is 266 g/mol. The van der Waals surface area contributed by atoms with E-state index in [1.807, 2.05) is 0 Å². The van der Waals surface area contributed by atoms with Crippen LogP contribution in [0.4, 0.5) is 0 Å². The summed E-state index contributed by atoms with van der Waals surface area (Å²) in [6, 6.07) is 11.1. The van der Waals surface area contributed by atoms with Crippen LogP contribution in [0.15, 0.2) is 42.5 Å². The van der Waals surface area contributed by atoms with Gasteiger partial charge in [-0.1, -0.05) is 36.3 Å². The normalized spacial score (nSPS) is 9.75. The molecule has 0 unspecified atom stereocenters. The molecule has 0 aromatic heterocycles. The van der Waals surface area contributed by atoms with Crippen molar-refractivity contribution in [3.05, 3.63) is 59.2 Å². The van der Waals surface area contributed by atoms with Gasteiger partial charge in [0.1, 0.15) is 0 Å². The second-order valence-corrected chi connectivity index (χ2v) is 4.03. The van der Waals surface area contributed by atoms with E-state index in [2.05, 4.69) is 5.92 Å². The monoisotopic (exact) mass is 266 g/mol. The first-order valence-corrected chi connectivity index (χ1v) is 5.72. The van der Waals surface area contributed by atoms with Crippen LogP contribution in [0.5, 0.6) is 0 Å². The lowest BCUT2D eigenvalue weighted by Crippen LogP contribution is -2.07. The summed E-state index contributed by atoms with van der Waals surface area (Å²) in [7, 11) is 0. The Morgan fingerprint density at radius 2 is 1.45 bits per heavy atom. The molecule has 0 bridgehead atoms. The van der Waals surface area contributed by atoms with E-state index >= 15 is 0 Å². The van der Waals surface area contributed by atoms with E-state index in [9.17, 15) is 14.7 Å². The SMILES string of the molecule is C#Cc1c(C(=O)O)ccc(C(=O)O)c1-c1ccccc1. The number of hydrogen-bond donors (Lipinski definition) is 2. The fourth-order valence-electron chi connectivity index (χ4n) is 2.01. The van der Waals surface area contributed by atoms with Crippen LogP contribution >= 0.6 is 0 Å². The van der Waals surface area contributed by atoms with E-state index in [0.29, 0.717) is 5.56 Å². The highest BCUT2D eigenvalue weighted by atomic mass is 16.4. The maximum Gasteiger partial charge on any atom is 0.336 e. The van der Waals surface area contributed by atoms with Gasteiger partial charge in [-0.3, -0.25) is 0 Å². The van der Waals surface area contributed by atoms with Crippen molar-refractivity contribution in [3.63, 3.8) is 0 Å². The van der Waals surface area contributed by atoms with Crippen LogP contribution < -0.4 is 0 Å². The summed E-state index contributed by atoms with van der Waals surface area (Å²) in [6.07, 6.45) is 5.39. The predicted octanol–water partition coefficient (Wildman–Crippen LogP) is 2.73. The molecule has 98 valence electrons. The van der Waals surface area contributed by atoms with E-state index in [0.717, 1.165) is 0 Å². The smallest absolute Gasteiger partial charge is 0.336 e. The average Bonchev–Trinajstić information content (AvgIpc) is 2.46. The molecular weight excluding hydrogens is 256 g/mol. The number of benzene rings is 2. The van der Waals surface area contributed by atoms with E-state index < -0.39 is 11.9 Å². The van der Waals surface area contributed by atoms with Gasteiger partial charge in [-0.05, 0) is 17.7 Å². The molecule has 0 heterocycles. The van der Waals surface area contributed by atoms with Gasteiger partial charge in [0.2, 0.25) is 0 Å². The Morgan fingerprint density at radius 3 is 1.95 bits per heavy atom. The summed E-state index contributed by atoms with van der Waals surface area (Å²) in [6.45, 7) is 0. The molecule has 0 saturated heterocycles. The molecule has 0 fully saturated rings. The van der Waals surface area contributed by atoms with Gasteiger partial charge in [0.25, 0.3) is 0 Å². The van der Waals surface area contributed by atoms with Crippen LogP contribution in [0.1, 0.15) is 26.3 Å². The minimum absolute atomic E-state index is 0.0193. The maximum atomic E-state index is 11.3. The van der Waals surface area contributed by atoms with Crippen LogP contribution in [-0.4, -0.2) is 22.2 Å². The van der Waals surface area contributed by atoms with Crippen molar-refractivity contribution in [3.8, 4) is 23.5 Å². The molecule has 4 heteroatoms. The van der Waals surface area contributed by atoms with Crippen LogP contribution in [0.25, 0.3) is 11.1 Å². The Balaban J connectivity index is 2.87. The van der Waals surface area contributed by atoms with Crippen LogP contribution in [0.3, 0.4) is 0 Å². The molecule has 20 heavy (non-hydrogen) atoms. The standard InChI is InChI=1S/C16H10O4/c1-2-11-12(15(17)18)8-9-13(16(19)20)14(11)10-6-4-3-5-7-10/h1,3-9H,(H,17,18)(H,19,20). The quantitative estimate of drug-likeness (QED) is 0.838. The summed E-state index contributed by atoms with van der Waals surface area (Å²) in [5, 5.41) is 18.4. The molecule has 0 amide bonds. The van der Waals surface area contributed by atoms with E-state index in [1.54, 1.807) is 30.3 Å². The number of carboxylic acid groups (broad SMARTS) is 2. The maximum absolute atomic E-state index is 11.3. The molecule has 0 spiro atoms. The van der Waals surface area contributed by atoms with Gasteiger partial charge in [-0.25, -0.2) is 9.59 Å². The van der Waals surface area contributed by atoms with Crippen molar-refractivity contribution in [2.45, 2.75) is 0 Å². The molecule has 0 radical (unpaired) electrons. The van der Waals surface area contributed by atoms with Gasteiger partial charge in [-0.2, -0.15) is 0 Å². The molecule has 4 nitrogen and oxygen atoms in total. The van der Waals surface area contributed by atoms with Crippen molar-refractivity contribution in [2.24, 2.45) is 0 Å². The zero-order valence-corrected chi connectivity index (χ0v) is 10.3. The third-order valence-corrected chi connectivity index (χ3v) is 2.87. The molecule has 0 saturated carbocycles. The molecule has 2 rings (SSSR count). The van der Waals surface area contributed by atoms with Crippen molar-refractivity contribution in [1.29, 1.82) is 0 Å². The third kappa shape index (κ3) is 2.25. The van der Waals surface area contributed by atoms with Crippen LogP contribution in [0, 0.1) is 12.3 Å². The highest BCUT2D eigenvalue weighted by Gasteiger charge is 2.20. The zero-order chi connectivity index (χ0) is 14.7. The van der Waals surface area contributed by atoms with Gasteiger partial charge in [0.15, 0.2) is 0 Å². The minimum atomic E-state index is -1.19. The lowest BCUT2D eigenvalue weighted by atomic mass is 9.91. The van der Waals surface area contributed by atoms with E-state index in [4.69, 9.17) is 11.5 Å². The summed E-state index contributed by atoms with van der Waals surface area (Å²) in [5.74, 6) is -0.0481. The number of hydrogen-bond acceptors (Lipinski definition) is 2. The second kappa shape index (κ2) is 5.29. The number of terminal acetylenes is 1. The van der Waals surface area contributed by atoms with E-state index in [1.165, 1.54) is 12.1 Å². The molecule has 2 aromatic rings. The van der Waals surface area contributed by atoms with Crippen molar-refractivity contribution < 1.29 is 19.8 Å². The summed E-state index contributed by atoms with van der Waals surface area (Å²) >= 11 is 0. The Bertz CT molecular complexity index is 724. The van der Waals surface area contributed by atoms with Crippen LogP contribution in [0.2, 0.25) is 0 Å². The first-order valence-electron chi connectivity index (χ1n) is 5.72. The summed E-state index contributed by atoms with van der Waals surface area (Å²) in [4.78, 5) is 22.5. The number of carboxylic acids is 2. The molecule has 2 N–H and O–H groups in total. The van der Waals surface area contributed by atoms with Gasteiger partial charge in [0.05, 0.1) is 11.1 Å². The minimum Gasteiger partial charge on any atom is -0.478 e. The summed E-state index contributed by atoms with van der Waals surface area (Å²) < 4.78 is 0. The van der Waals surface area contributed by atoms with Crippen molar-refractivity contribution >= 4 is 11.9 Å². The highest BCUT2D eigenvalue weighted by Crippen LogP contribution is 2.30.